The van der Waals surface area contributed by atoms with E-state index in [9.17, 15) is 4.79 Å². The summed E-state index contributed by atoms with van der Waals surface area (Å²) in [4.78, 5) is 13.7. The van der Waals surface area contributed by atoms with E-state index in [0.717, 1.165) is 38.6 Å². The molecule has 1 aliphatic heterocycles. The van der Waals surface area contributed by atoms with Crippen molar-refractivity contribution in [2.75, 3.05) is 39.4 Å². The van der Waals surface area contributed by atoms with Crippen molar-refractivity contribution in [2.45, 2.75) is 6.54 Å². The van der Waals surface area contributed by atoms with Gasteiger partial charge in [-0.1, -0.05) is 0 Å². The standard InChI is InChI=1S/C12H19N3O3/c16-12(14-10-11-2-1-7-18-11)13-3-4-15-5-8-17-9-6-15/h1-2,7H,3-6,8-10H2,(H2,13,14,16). The molecule has 0 saturated carbocycles. The Morgan fingerprint density at radius 3 is 2.89 bits per heavy atom. The molecule has 2 heterocycles. The van der Waals surface area contributed by atoms with Crippen LogP contribution < -0.4 is 10.6 Å². The van der Waals surface area contributed by atoms with Gasteiger partial charge < -0.3 is 19.8 Å². The summed E-state index contributed by atoms with van der Waals surface area (Å²) in [5.74, 6) is 0.748. The number of ether oxygens (including phenoxy) is 1. The molecular formula is C12H19N3O3. The van der Waals surface area contributed by atoms with Crippen LogP contribution in [0.15, 0.2) is 22.8 Å². The van der Waals surface area contributed by atoms with Crippen LogP contribution in [0.3, 0.4) is 0 Å². The summed E-state index contributed by atoms with van der Waals surface area (Å²) >= 11 is 0. The normalized spacial score (nSPS) is 16.4. The highest BCUT2D eigenvalue weighted by Gasteiger charge is 2.09. The number of amides is 2. The number of carbonyl (C=O) groups excluding carboxylic acids is 1. The predicted octanol–water partition coefficient (Wildman–Crippen LogP) is 0.411. The molecular weight excluding hydrogens is 234 g/mol. The zero-order valence-corrected chi connectivity index (χ0v) is 10.4. The third kappa shape index (κ3) is 4.38. The van der Waals surface area contributed by atoms with Crippen molar-refractivity contribution < 1.29 is 13.9 Å². The number of hydrogen-bond acceptors (Lipinski definition) is 4. The highest BCUT2D eigenvalue weighted by Crippen LogP contribution is 1.98. The Bertz CT molecular complexity index is 347. The second kappa shape index (κ2) is 7.03. The highest BCUT2D eigenvalue weighted by molar-refractivity contribution is 5.73. The van der Waals surface area contributed by atoms with Crippen molar-refractivity contribution >= 4 is 6.03 Å². The van der Waals surface area contributed by atoms with Gasteiger partial charge in [0.2, 0.25) is 0 Å². The van der Waals surface area contributed by atoms with E-state index in [4.69, 9.17) is 9.15 Å². The minimum absolute atomic E-state index is 0.167. The molecule has 0 radical (unpaired) electrons. The Hall–Kier alpha value is -1.53. The molecule has 6 nitrogen and oxygen atoms in total. The first-order valence-electron chi connectivity index (χ1n) is 6.19. The van der Waals surface area contributed by atoms with Crippen LogP contribution in [0.2, 0.25) is 0 Å². The molecule has 0 bridgehead atoms. The fourth-order valence-electron chi connectivity index (χ4n) is 1.80. The number of nitrogens with one attached hydrogen (secondary N) is 2. The first-order valence-corrected chi connectivity index (χ1v) is 6.19. The SMILES string of the molecule is O=C(NCCN1CCOCC1)NCc1ccco1. The molecule has 1 aromatic rings. The average Bonchev–Trinajstić information content (AvgIpc) is 2.91. The first kappa shape index (κ1) is 12.9. The molecule has 2 rings (SSSR count). The number of rotatable bonds is 5. The van der Waals surface area contributed by atoms with Gasteiger partial charge in [0.25, 0.3) is 0 Å². The quantitative estimate of drug-likeness (QED) is 0.797. The monoisotopic (exact) mass is 253 g/mol. The van der Waals surface area contributed by atoms with Gasteiger partial charge in [-0.05, 0) is 12.1 Å². The molecule has 2 N–H and O–H groups in total. The van der Waals surface area contributed by atoms with Crippen LogP contribution in [0.1, 0.15) is 5.76 Å². The number of hydrogen-bond donors (Lipinski definition) is 2. The predicted molar refractivity (Wildman–Crippen MR) is 66.2 cm³/mol. The number of furan rings is 1. The van der Waals surface area contributed by atoms with Gasteiger partial charge in [-0.3, -0.25) is 4.90 Å². The van der Waals surface area contributed by atoms with Crippen LogP contribution in [0.25, 0.3) is 0 Å². The van der Waals surface area contributed by atoms with Crippen molar-refractivity contribution in [3.8, 4) is 0 Å². The Balaban J connectivity index is 1.54. The van der Waals surface area contributed by atoms with Gasteiger partial charge >= 0.3 is 6.03 Å². The fourth-order valence-corrected chi connectivity index (χ4v) is 1.80. The van der Waals surface area contributed by atoms with E-state index in [1.807, 2.05) is 6.07 Å². The van der Waals surface area contributed by atoms with Crippen molar-refractivity contribution in [3.05, 3.63) is 24.2 Å². The van der Waals surface area contributed by atoms with E-state index in [1.165, 1.54) is 0 Å². The number of carbonyl (C=O) groups is 1. The van der Waals surface area contributed by atoms with Crippen LogP contribution >= 0.6 is 0 Å². The average molecular weight is 253 g/mol. The van der Waals surface area contributed by atoms with E-state index in [0.29, 0.717) is 13.1 Å². The van der Waals surface area contributed by atoms with Crippen LogP contribution in [0.4, 0.5) is 4.79 Å². The Kier molecular flexibility index (Phi) is 5.04. The van der Waals surface area contributed by atoms with Gasteiger partial charge in [0.15, 0.2) is 0 Å². The zero-order chi connectivity index (χ0) is 12.6. The van der Waals surface area contributed by atoms with Crippen molar-refractivity contribution in [2.24, 2.45) is 0 Å². The summed E-state index contributed by atoms with van der Waals surface area (Å²) in [5, 5.41) is 5.55. The maximum atomic E-state index is 11.5. The number of morpholine rings is 1. The van der Waals surface area contributed by atoms with Gasteiger partial charge in [-0.2, -0.15) is 0 Å². The molecule has 100 valence electrons. The van der Waals surface area contributed by atoms with Crippen LogP contribution in [0.5, 0.6) is 0 Å². The first-order chi connectivity index (χ1) is 8.84. The van der Waals surface area contributed by atoms with E-state index >= 15 is 0 Å². The van der Waals surface area contributed by atoms with Crippen LogP contribution in [-0.4, -0.2) is 50.3 Å². The minimum Gasteiger partial charge on any atom is -0.467 e. The maximum Gasteiger partial charge on any atom is 0.315 e. The summed E-state index contributed by atoms with van der Waals surface area (Å²) < 4.78 is 10.4. The third-order valence-corrected chi connectivity index (χ3v) is 2.82. The maximum absolute atomic E-state index is 11.5. The summed E-state index contributed by atoms with van der Waals surface area (Å²) in [7, 11) is 0. The molecule has 0 atom stereocenters. The molecule has 1 saturated heterocycles. The highest BCUT2D eigenvalue weighted by atomic mass is 16.5. The summed E-state index contributed by atoms with van der Waals surface area (Å²) in [5.41, 5.74) is 0. The molecule has 18 heavy (non-hydrogen) atoms. The van der Waals surface area contributed by atoms with Crippen molar-refractivity contribution in [1.82, 2.24) is 15.5 Å². The van der Waals surface area contributed by atoms with E-state index in [2.05, 4.69) is 15.5 Å². The number of urea groups is 1. The molecule has 1 aromatic heterocycles. The van der Waals surface area contributed by atoms with E-state index < -0.39 is 0 Å². The Labute approximate surface area is 106 Å². The smallest absolute Gasteiger partial charge is 0.315 e. The lowest BCUT2D eigenvalue weighted by molar-refractivity contribution is 0.0387. The van der Waals surface area contributed by atoms with Gasteiger partial charge in [-0.25, -0.2) is 4.79 Å². The van der Waals surface area contributed by atoms with Crippen molar-refractivity contribution in [1.29, 1.82) is 0 Å². The molecule has 0 aromatic carbocycles. The lowest BCUT2D eigenvalue weighted by atomic mass is 10.4. The zero-order valence-electron chi connectivity index (χ0n) is 10.4. The van der Waals surface area contributed by atoms with Gasteiger partial charge in [0.1, 0.15) is 5.76 Å². The van der Waals surface area contributed by atoms with E-state index in [-0.39, 0.29) is 6.03 Å². The number of nitrogens with zero attached hydrogens (tertiary/aromatic N) is 1. The topological polar surface area (TPSA) is 66.7 Å². The second-order valence-electron chi connectivity index (χ2n) is 4.14. The van der Waals surface area contributed by atoms with E-state index in [1.54, 1.807) is 12.3 Å². The van der Waals surface area contributed by atoms with Crippen molar-refractivity contribution in [3.63, 3.8) is 0 Å². The summed E-state index contributed by atoms with van der Waals surface area (Å²) in [6, 6.07) is 3.46. The lowest BCUT2D eigenvalue weighted by Crippen LogP contribution is -2.43. The molecule has 0 spiro atoms. The summed E-state index contributed by atoms with van der Waals surface area (Å²) in [6.45, 7) is 5.36. The third-order valence-electron chi connectivity index (χ3n) is 2.82. The van der Waals surface area contributed by atoms with Crippen LogP contribution in [0, 0.1) is 0 Å². The van der Waals surface area contributed by atoms with Gasteiger partial charge in [0.05, 0.1) is 26.0 Å². The summed E-state index contributed by atoms with van der Waals surface area (Å²) in [6.07, 6.45) is 1.59. The molecule has 0 unspecified atom stereocenters. The Morgan fingerprint density at radius 2 is 2.17 bits per heavy atom. The Morgan fingerprint density at radius 1 is 1.33 bits per heavy atom. The van der Waals surface area contributed by atoms with Crippen LogP contribution in [-0.2, 0) is 11.3 Å². The fraction of sp³-hybridized carbons (Fsp3) is 0.583. The molecule has 2 amide bonds. The van der Waals surface area contributed by atoms with Gasteiger partial charge in [-0.15, -0.1) is 0 Å². The molecule has 1 aliphatic rings. The minimum atomic E-state index is -0.167. The lowest BCUT2D eigenvalue weighted by Gasteiger charge is -2.26. The molecule has 6 heteroatoms. The molecule has 1 fully saturated rings. The largest absolute Gasteiger partial charge is 0.467 e. The second-order valence-corrected chi connectivity index (χ2v) is 4.14. The van der Waals surface area contributed by atoms with Gasteiger partial charge in [0, 0.05) is 26.2 Å². The molecule has 0 aliphatic carbocycles.